The number of aromatic nitrogens is 2. The van der Waals surface area contributed by atoms with E-state index in [4.69, 9.17) is 5.73 Å². The van der Waals surface area contributed by atoms with E-state index >= 15 is 0 Å². The van der Waals surface area contributed by atoms with Crippen molar-refractivity contribution in [1.29, 1.82) is 0 Å². The summed E-state index contributed by atoms with van der Waals surface area (Å²) in [6.45, 7) is 1.08. The fourth-order valence-electron chi connectivity index (χ4n) is 1.68. The van der Waals surface area contributed by atoms with E-state index in [9.17, 15) is 0 Å². The highest BCUT2D eigenvalue weighted by atomic mass is 15.0. The number of rotatable bonds is 1. The second kappa shape index (κ2) is 3.70. The Labute approximate surface area is 77.6 Å². The van der Waals surface area contributed by atoms with Crippen molar-refractivity contribution < 1.29 is 0 Å². The lowest BCUT2D eigenvalue weighted by molar-refractivity contribution is 0.405. The molecule has 1 saturated heterocycles. The summed E-state index contributed by atoms with van der Waals surface area (Å²) in [4.78, 5) is 8.08. The minimum atomic E-state index is 0.374. The lowest BCUT2D eigenvalue weighted by atomic mass is 10.0. The fraction of sp³-hybridized carbons (Fsp3) is 0.556. The molecule has 2 rings (SSSR count). The highest BCUT2D eigenvalue weighted by Gasteiger charge is 2.15. The average Bonchev–Trinajstić information content (AvgIpc) is 2.19. The van der Waals surface area contributed by atoms with Gasteiger partial charge < -0.3 is 11.1 Å². The van der Waals surface area contributed by atoms with Crippen LogP contribution in [0.2, 0.25) is 0 Å². The summed E-state index contributed by atoms with van der Waals surface area (Å²) >= 11 is 0. The monoisotopic (exact) mass is 178 g/mol. The minimum Gasteiger partial charge on any atom is -0.384 e. The van der Waals surface area contributed by atoms with Crippen LogP contribution in [-0.2, 0) is 0 Å². The van der Waals surface area contributed by atoms with Crippen molar-refractivity contribution in [2.45, 2.75) is 25.3 Å². The molecule has 3 N–H and O–H groups in total. The molecule has 13 heavy (non-hydrogen) atoms. The van der Waals surface area contributed by atoms with Crippen molar-refractivity contribution in [3.8, 4) is 0 Å². The summed E-state index contributed by atoms with van der Waals surface area (Å²) in [5.74, 6) is 0.553. The number of hydrogen-bond donors (Lipinski definition) is 2. The molecule has 1 aromatic heterocycles. The topological polar surface area (TPSA) is 63.8 Å². The summed E-state index contributed by atoms with van der Waals surface area (Å²) in [6.07, 6.45) is 5.20. The summed E-state index contributed by atoms with van der Waals surface area (Å²) in [7, 11) is 0. The predicted octanol–water partition coefficient (Wildman–Crippen LogP) is 0.873. The zero-order valence-corrected chi connectivity index (χ0v) is 7.53. The van der Waals surface area contributed by atoms with Crippen LogP contribution in [0.25, 0.3) is 0 Å². The fourth-order valence-corrected chi connectivity index (χ4v) is 1.68. The number of anilines is 1. The van der Waals surface area contributed by atoms with Gasteiger partial charge in [0.25, 0.3) is 0 Å². The van der Waals surface area contributed by atoms with Gasteiger partial charge in [-0.1, -0.05) is 6.42 Å². The van der Waals surface area contributed by atoms with Gasteiger partial charge in [0.15, 0.2) is 0 Å². The maximum absolute atomic E-state index is 5.59. The van der Waals surface area contributed by atoms with Gasteiger partial charge in [-0.3, -0.25) is 0 Å². The average molecular weight is 178 g/mol. The molecule has 0 radical (unpaired) electrons. The molecular formula is C9H14N4. The van der Waals surface area contributed by atoms with Crippen molar-refractivity contribution >= 4 is 5.82 Å². The van der Waals surface area contributed by atoms with Gasteiger partial charge in [0, 0.05) is 12.1 Å². The quantitative estimate of drug-likeness (QED) is 0.670. The SMILES string of the molecule is Nc1cc(C2CCCCN2)ncn1. The maximum Gasteiger partial charge on any atom is 0.127 e. The molecule has 1 aromatic rings. The number of nitrogens with one attached hydrogen (secondary N) is 1. The molecule has 0 saturated carbocycles. The van der Waals surface area contributed by atoms with Crippen molar-refractivity contribution in [3.63, 3.8) is 0 Å². The molecule has 1 fully saturated rings. The molecule has 2 heterocycles. The van der Waals surface area contributed by atoms with Crippen LogP contribution in [0.4, 0.5) is 5.82 Å². The Morgan fingerprint density at radius 3 is 3.00 bits per heavy atom. The van der Waals surface area contributed by atoms with Crippen LogP contribution in [0.15, 0.2) is 12.4 Å². The molecule has 1 atom stereocenters. The van der Waals surface area contributed by atoms with Crippen LogP contribution in [-0.4, -0.2) is 16.5 Å². The van der Waals surface area contributed by atoms with Crippen LogP contribution < -0.4 is 11.1 Å². The maximum atomic E-state index is 5.59. The van der Waals surface area contributed by atoms with E-state index in [1.54, 1.807) is 0 Å². The molecule has 1 unspecified atom stereocenters. The van der Waals surface area contributed by atoms with Crippen LogP contribution in [0.1, 0.15) is 31.0 Å². The van der Waals surface area contributed by atoms with Gasteiger partial charge in [-0.2, -0.15) is 0 Å². The number of nitrogen functional groups attached to an aromatic ring is 1. The Morgan fingerprint density at radius 2 is 2.31 bits per heavy atom. The summed E-state index contributed by atoms with van der Waals surface area (Å²) in [6, 6.07) is 2.22. The van der Waals surface area contributed by atoms with Gasteiger partial charge in [0.1, 0.15) is 12.1 Å². The first-order valence-electron chi connectivity index (χ1n) is 4.67. The number of nitrogens with two attached hydrogens (primary N) is 1. The van der Waals surface area contributed by atoms with E-state index < -0.39 is 0 Å². The first-order chi connectivity index (χ1) is 6.36. The smallest absolute Gasteiger partial charge is 0.127 e. The normalized spacial score (nSPS) is 22.9. The lowest BCUT2D eigenvalue weighted by Gasteiger charge is -2.22. The number of piperidine rings is 1. The third-order valence-electron chi connectivity index (χ3n) is 2.38. The van der Waals surface area contributed by atoms with Crippen LogP contribution in [0, 0.1) is 0 Å². The molecular weight excluding hydrogens is 164 g/mol. The molecule has 1 aliphatic heterocycles. The standard InChI is InChI=1S/C9H14N4/c10-9-5-8(12-6-13-9)7-3-1-2-4-11-7/h5-7,11H,1-4H2,(H2,10,12,13). The second-order valence-electron chi connectivity index (χ2n) is 3.37. The van der Waals surface area contributed by atoms with Crippen LogP contribution in [0.3, 0.4) is 0 Å². The lowest BCUT2D eigenvalue weighted by Crippen LogP contribution is -2.27. The van der Waals surface area contributed by atoms with Gasteiger partial charge in [-0.15, -0.1) is 0 Å². The Bertz CT molecular complexity index is 281. The highest BCUT2D eigenvalue weighted by molar-refractivity contribution is 5.29. The summed E-state index contributed by atoms with van der Waals surface area (Å²) in [5.41, 5.74) is 6.61. The van der Waals surface area contributed by atoms with Gasteiger partial charge in [0.2, 0.25) is 0 Å². The van der Waals surface area contributed by atoms with E-state index in [0.717, 1.165) is 18.7 Å². The van der Waals surface area contributed by atoms with Gasteiger partial charge in [0.05, 0.1) is 5.69 Å². The first kappa shape index (κ1) is 8.44. The van der Waals surface area contributed by atoms with E-state index in [0.29, 0.717) is 11.9 Å². The zero-order chi connectivity index (χ0) is 9.10. The van der Waals surface area contributed by atoms with Crippen LogP contribution in [0.5, 0.6) is 0 Å². The Balaban J connectivity index is 2.14. The van der Waals surface area contributed by atoms with Crippen molar-refractivity contribution in [1.82, 2.24) is 15.3 Å². The Kier molecular flexibility index (Phi) is 2.40. The number of nitrogens with zero attached hydrogens (tertiary/aromatic N) is 2. The van der Waals surface area contributed by atoms with E-state index in [1.165, 1.54) is 19.2 Å². The molecule has 4 heteroatoms. The predicted molar refractivity (Wildman–Crippen MR) is 51.0 cm³/mol. The van der Waals surface area contributed by atoms with Crippen LogP contribution >= 0.6 is 0 Å². The van der Waals surface area contributed by atoms with Gasteiger partial charge >= 0.3 is 0 Å². The van der Waals surface area contributed by atoms with Crippen molar-refractivity contribution in [2.75, 3.05) is 12.3 Å². The summed E-state index contributed by atoms with van der Waals surface area (Å²) in [5, 5.41) is 3.42. The molecule has 4 nitrogen and oxygen atoms in total. The Hall–Kier alpha value is -1.16. The molecule has 0 amide bonds. The minimum absolute atomic E-state index is 0.374. The molecule has 1 aliphatic rings. The first-order valence-corrected chi connectivity index (χ1v) is 4.67. The molecule has 70 valence electrons. The Morgan fingerprint density at radius 1 is 1.38 bits per heavy atom. The van der Waals surface area contributed by atoms with Crippen molar-refractivity contribution in [3.05, 3.63) is 18.1 Å². The van der Waals surface area contributed by atoms with Crippen molar-refractivity contribution in [2.24, 2.45) is 0 Å². The second-order valence-corrected chi connectivity index (χ2v) is 3.37. The molecule has 0 bridgehead atoms. The molecule has 0 aliphatic carbocycles. The third-order valence-corrected chi connectivity index (χ3v) is 2.38. The molecule has 0 aromatic carbocycles. The van der Waals surface area contributed by atoms with E-state index in [-0.39, 0.29) is 0 Å². The summed E-state index contributed by atoms with van der Waals surface area (Å²) < 4.78 is 0. The van der Waals surface area contributed by atoms with Gasteiger partial charge in [-0.05, 0) is 19.4 Å². The van der Waals surface area contributed by atoms with Gasteiger partial charge in [-0.25, -0.2) is 9.97 Å². The molecule has 0 spiro atoms. The third kappa shape index (κ3) is 1.95. The zero-order valence-electron chi connectivity index (χ0n) is 7.53. The van der Waals surface area contributed by atoms with E-state index in [2.05, 4.69) is 15.3 Å². The number of hydrogen-bond acceptors (Lipinski definition) is 4. The van der Waals surface area contributed by atoms with E-state index in [1.807, 2.05) is 6.07 Å². The highest BCUT2D eigenvalue weighted by Crippen LogP contribution is 2.21. The largest absolute Gasteiger partial charge is 0.384 e.